The lowest BCUT2D eigenvalue weighted by Gasteiger charge is -2.11. The van der Waals surface area contributed by atoms with Gasteiger partial charge in [0.25, 0.3) is 0 Å². The second kappa shape index (κ2) is 6.81. The van der Waals surface area contributed by atoms with Crippen LogP contribution in [0.3, 0.4) is 0 Å². The Morgan fingerprint density at radius 1 is 1.00 bits per heavy atom. The van der Waals surface area contributed by atoms with Crippen molar-refractivity contribution in [2.45, 2.75) is 26.7 Å². The topological polar surface area (TPSA) is 37.0 Å². The Morgan fingerprint density at radius 2 is 1.44 bits per heavy atom. The maximum Gasteiger partial charge on any atom is 0.147 e. The molecule has 0 amide bonds. The first-order valence-corrected chi connectivity index (χ1v) is 6.28. The molecule has 0 unspecified atom stereocenters. The van der Waals surface area contributed by atoms with Crippen LogP contribution in [0.2, 0.25) is 10.0 Å². The standard InChI is InChI=1S/C11H17Cl2N3/c1-3-5-14-10-8(12)7-9(13)11(16-10)15-6-4-2/h7H,3-6H2,1-2H3,(H2,14,15,16). The van der Waals surface area contributed by atoms with Crippen molar-refractivity contribution in [3.05, 3.63) is 16.1 Å². The average Bonchev–Trinajstić information content (AvgIpc) is 2.26. The number of hydrogen-bond acceptors (Lipinski definition) is 3. The summed E-state index contributed by atoms with van der Waals surface area (Å²) in [7, 11) is 0. The van der Waals surface area contributed by atoms with Gasteiger partial charge < -0.3 is 10.6 Å². The zero-order valence-electron chi connectivity index (χ0n) is 9.61. The summed E-state index contributed by atoms with van der Waals surface area (Å²) in [4.78, 5) is 4.36. The van der Waals surface area contributed by atoms with Crippen LogP contribution in [0.25, 0.3) is 0 Å². The number of nitrogens with one attached hydrogen (secondary N) is 2. The molecule has 0 spiro atoms. The number of anilines is 2. The molecule has 0 aliphatic heterocycles. The number of halogens is 2. The fraction of sp³-hybridized carbons (Fsp3) is 0.545. The van der Waals surface area contributed by atoms with Crippen molar-refractivity contribution in [2.24, 2.45) is 0 Å². The summed E-state index contributed by atoms with van der Waals surface area (Å²) in [5, 5.41) is 7.44. The molecule has 5 heteroatoms. The van der Waals surface area contributed by atoms with Crippen LogP contribution in [0, 0.1) is 0 Å². The molecule has 3 nitrogen and oxygen atoms in total. The molecule has 0 fully saturated rings. The fourth-order valence-electron chi connectivity index (χ4n) is 1.20. The molecule has 0 saturated heterocycles. The van der Waals surface area contributed by atoms with Gasteiger partial charge in [-0.25, -0.2) is 4.98 Å². The molecule has 0 aliphatic rings. The highest BCUT2D eigenvalue weighted by Crippen LogP contribution is 2.29. The summed E-state index contributed by atoms with van der Waals surface area (Å²) in [6, 6.07) is 1.71. The monoisotopic (exact) mass is 261 g/mol. The molecule has 1 heterocycles. The molecule has 1 aromatic heterocycles. The molecule has 16 heavy (non-hydrogen) atoms. The molecule has 0 bridgehead atoms. The zero-order valence-corrected chi connectivity index (χ0v) is 11.1. The van der Waals surface area contributed by atoms with Crippen molar-refractivity contribution in [1.82, 2.24) is 4.98 Å². The van der Waals surface area contributed by atoms with E-state index in [0.29, 0.717) is 21.7 Å². The Kier molecular flexibility index (Phi) is 5.71. The van der Waals surface area contributed by atoms with Crippen LogP contribution in [-0.4, -0.2) is 18.1 Å². The minimum Gasteiger partial charge on any atom is -0.369 e. The predicted molar refractivity (Wildman–Crippen MR) is 71.8 cm³/mol. The van der Waals surface area contributed by atoms with Gasteiger partial charge in [0.05, 0.1) is 10.0 Å². The van der Waals surface area contributed by atoms with Crippen molar-refractivity contribution < 1.29 is 0 Å². The summed E-state index contributed by atoms with van der Waals surface area (Å²) in [6.07, 6.45) is 2.05. The van der Waals surface area contributed by atoms with Gasteiger partial charge in [0.1, 0.15) is 11.6 Å². The Labute approximate surface area is 107 Å². The third-order valence-corrected chi connectivity index (χ3v) is 2.59. The lowest BCUT2D eigenvalue weighted by Crippen LogP contribution is -2.07. The molecule has 0 radical (unpaired) electrons. The van der Waals surface area contributed by atoms with Crippen molar-refractivity contribution in [2.75, 3.05) is 23.7 Å². The second-order valence-electron chi connectivity index (χ2n) is 3.50. The largest absolute Gasteiger partial charge is 0.369 e. The van der Waals surface area contributed by atoms with E-state index in [0.717, 1.165) is 25.9 Å². The summed E-state index contributed by atoms with van der Waals surface area (Å²) in [5.41, 5.74) is 0. The molecule has 90 valence electrons. The lowest BCUT2D eigenvalue weighted by molar-refractivity contribution is 0.956. The Hall–Kier alpha value is -0.670. The Balaban J connectivity index is 2.83. The maximum absolute atomic E-state index is 6.03. The van der Waals surface area contributed by atoms with Crippen LogP contribution in [-0.2, 0) is 0 Å². The number of pyridine rings is 1. The van der Waals surface area contributed by atoms with Gasteiger partial charge in [0.15, 0.2) is 0 Å². The minimum atomic E-state index is 0.556. The average molecular weight is 262 g/mol. The molecule has 0 aliphatic carbocycles. The minimum absolute atomic E-state index is 0.556. The van der Waals surface area contributed by atoms with Crippen LogP contribution in [0.1, 0.15) is 26.7 Å². The Morgan fingerprint density at radius 3 is 1.81 bits per heavy atom. The van der Waals surface area contributed by atoms with Crippen molar-refractivity contribution in [3.8, 4) is 0 Å². The second-order valence-corrected chi connectivity index (χ2v) is 4.32. The predicted octanol–water partition coefficient (Wildman–Crippen LogP) is 4.03. The summed E-state index contributed by atoms with van der Waals surface area (Å²) >= 11 is 12.1. The van der Waals surface area contributed by atoms with E-state index in [2.05, 4.69) is 29.5 Å². The summed E-state index contributed by atoms with van der Waals surface area (Å²) in [6.45, 7) is 5.88. The van der Waals surface area contributed by atoms with Crippen molar-refractivity contribution in [1.29, 1.82) is 0 Å². The van der Waals surface area contributed by atoms with Gasteiger partial charge in [-0.3, -0.25) is 0 Å². The first-order valence-electron chi connectivity index (χ1n) is 5.52. The van der Waals surface area contributed by atoms with Gasteiger partial charge in [-0.2, -0.15) is 0 Å². The lowest BCUT2D eigenvalue weighted by atomic mass is 10.4. The van der Waals surface area contributed by atoms with E-state index in [1.807, 2.05) is 0 Å². The SMILES string of the molecule is CCCNc1nc(NCCC)c(Cl)cc1Cl. The van der Waals surface area contributed by atoms with E-state index >= 15 is 0 Å². The number of hydrogen-bond donors (Lipinski definition) is 2. The highest BCUT2D eigenvalue weighted by Gasteiger charge is 2.08. The van der Waals surface area contributed by atoms with E-state index in [-0.39, 0.29) is 0 Å². The third-order valence-electron chi connectivity index (χ3n) is 2.01. The molecular formula is C11H17Cl2N3. The van der Waals surface area contributed by atoms with Crippen molar-refractivity contribution >= 4 is 34.8 Å². The van der Waals surface area contributed by atoms with Crippen LogP contribution < -0.4 is 10.6 Å². The molecule has 2 N–H and O–H groups in total. The summed E-state index contributed by atoms with van der Waals surface area (Å²) in [5.74, 6) is 1.37. The Bertz CT molecular complexity index is 313. The number of aromatic nitrogens is 1. The third kappa shape index (κ3) is 3.72. The van der Waals surface area contributed by atoms with Gasteiger partial charge in [0.2, 0.25) is 0 Å². The van der Waals surface area contributed by atoms with Crippen LogP contribution >= 0.6 is 23.2 Å². The van der Waals surface area contributed by atoms with Gasteiger partial charge >= 0.3 is 0 Å². The molecule has 0 saturated carbocycles. The number of rotatable bonds is 6. The zero-order chi connectivity index (χ0) is 12.0. The summed E-state index contributed by atoms with van der Waals surface area (Å²) < 4.78 is 0. The first kappa shape index (κ1) is 13.4. The van der Waals surface area contributed by atoms with Gasteiger partial charge in [-0.15, -0.1) is 0 Å². The fourth-order valence-corrected chi connectivity index (χ4v) is 1.69. The van der Waals surface area contributed by atoms with E-state index < -0.39 is 0 Å². The van der Waals surface area contributed by atoms with E-state index in [1.165, 1.54) is 0 Å². The van der Waals surface area contributed by atoms with Gasteiger partial charge in [0, 0.05) is 13.1 Å². The van der Waals surface area contributed by atoms with E-state index in [9.17, 15) is 0 Å². The van der Waals surface area contributed by atoms with Gasteiger partial charge in [-0.05, 0) is 18.9 Å². The highest BCUT2D eigenvalue weighted by molar-refractivity contribution is 6.37. The van der Waals surface area contributed by atoms with Crippen molar-refractivity contribution in [3.63, 3.8) is 0 Å². The first-order chi connectivity index (χ1) is 7.69. The van der Waals surface area contributed by atoms with Gasteiger partial charge in [-0.1, -0.05) is 37.0 Å². The van der Waals surface area contributed by atoms with Crippen LogP contribution in [0.4, 0.5) is 11.6 Å². The quantitative estimate of drug-likeness (QED) is 0.812. The van der Waals surface area contributed by atoms with E-state index in [1.54, 1.807) is 6.07 Å². The molecule has 1 aromatic rings. The molecule has 0 atom stereocenters. The maximum atomic E-state index is 6.03. The normalized spacial score (nSPS) is 10.2. The molecule has 0 aromatic carbocycles. The molecule has 1 rings (SSSR count). The van der Waals surface area contributed by atoms with E-state index in [4.69, 9.17) is 23.2 Å². The molecular weight excluding hydrogens is 245 g/mol. The smallest absolute Gasteiger partial charge is 0.147 e. The highest BCUT2D eigenvalue weighted by atomic mass is 35.5. The van der Waals surface area contributed by atoms with Crippen LogP contribution in [0.15, 0.2) is 6.07 Å². The number of nitrogens with zero attached hydrogens (tertiary/aromatic N) is 1. The van der Waals surface area contributed by atoms with Crippen LogP contribution in [0.5, 0.6) is 0 Å².